The molecule has 1 nitrogen and oxygen atoms in total. The lowest BCUT2D eigenvalue weighted by Crippen LogP contribution is -2.16. The highest BCUT2D eigenvalue weighted by Crippen LogP contribution is 2.52. The third-order valence-corrected chi connectivity index (χ3v) is 10.8. The van der Waals surface area contributed by atoms with Gasteiger partial charge in [-0.05, 0) is 107 Å². The average molecular weight is 612 g/mol. The van der Waals surface area contributed by atoms with E-state index in [0.717, 1.165) is 5.69 Å². The Balaban J connectivity index is 1.12. The predicted molar refractivity (Wildman–Crippen MR) is 205 cm³/mol. The van der Waals surface area contributed by atoms with Crippen LogP contribution in [0.25, 0.3) is 65.3 Å². The summed E-state index contributed by atoms with van der Waals surface area (Å²) in [6, 6.07) is 60.6. The molecule has 0 spiro atoms. The van der Waals surface area contributed by atoms with Crippen LogP contribution < -0.4 is 4.90 Å². The van der Waals surface area contributed by atoms with Gasteiger partial charge in [0, 0.05) is 22.2 Å². The van der Waals surface area contributed by atoms with Gasteiger partial charge >= 0.3 is 0 Å². The van der Waals surface area contributed by atoms with Crippen LogP contribution in [-0.4, -0.2) is 0 Å². The topological polar surface area (TPSA) is 3.24 Å². The van der Waals surface area contributed by atoms with Crippen molar-refractivity contribution >= 4 is 60.2 Å². The Morgan fingerprint density at radius 1 is 0.396 bits per heavy atom. The van der Waals surface area contributed by atoms with Crippen LogP contribution in [0.2, 0.25) is 0 Å². The summed E-state index contributed by atoms with van der Waals surface area (Å²) in [6.45, 7) is 4.78. The first-order chi connectivity index (χ1) is 23.6. The predicted octanol–water partition coefficient (Wildman–Crippen LogP) is 13.2. The maximum Gasteiger partial charge on any atom is 0.0540 e. The Bertz CT molecular complexity index is 2680. The summed E-state index contributed by atoms with van der Waals surface area (Å²) < 4.78 is 0. The van der Waals surface area contributed by atoms with E-state index in [2.05, 4.69) is 183 Å². The fourth-order valence-electron chi connectivity index (χ4n) is 8.43. The fraction of sp³-hybridized carbons (Fsp3) is 0.0638. The number of nitrogens with zero attached hydrogens (tertiary/aromatic N) is 1. The molecule has 0 aliphatic heterocycles. The first kappa shape index (κ1) is 27.2. The van der Waals surface area contributed by atoms with Gasteiger partial charge in [0.25, 0.3) is 0 Å². The first-order valence-electron chi connectivity index (χ1n) is 16.9. The molecule has 0 amide bonds. The van der Waals surface area contributed by atoms with E-state index in [9.17, 15) is 0 Å². The highest BCUT2D eigenvalue weighted by molar-refractivity contribution is 6.25. The number of anilines is 3. The molecule has 0 saturated heterocycles. The largest absolute Gasteiger partial charge is 0.310 e. The molecule has 48 heavy (non-hydrogen) atoms. The molecule has 0 bridgehead atoms. The SMILES string of the molecule is CC1(C)c2cc(-c3ccc4ccc5cccc6ccc3c4c56)ccc2-c2ccc(N(c3ccccc3)c3cccc4ccccc34)cc21. The Kier molecular flexibility index (Phi) is 5.69. The summed E-state index contributed by atoms with van der Waals surface area (Å²) in [5, 5.41) is 10.4. The van der Waals surface area contributed by atoms with Gasteiger partial charge in [0.2, 0.25) is 0 Å². The zero-order valence-electron chi connectivity index (χ0n) is 27.0. The molecule has 1 aliphatic rings. The molecule has 0 heterocycles. The van der Waals surface area contributed by atoms with Gasteiger partial charge in [-0.3, -0.25) is 0 Å². The minimum atomic E-state index is -0.165. The molecule has 9 aromatic rings. The molecule has 10 rings (SSSR count). The van der Waals surface area contributed by atoms with Crippen molar-refractivity contribution in [2.24, 2.45) is 0 Å². The van der Waals surface area contributed by atoms with Crippen molar-refractivity contribution in [1.82, 2.24) is 0 Å². The average Bonchev–Trinajstić information content (AvgIpc) is 3.36. The van der Waals surface area contributed by atoms with E-state index in [1.54, 1.807) is 0 Å². The monoisotopic (exact) mass is 611 g/mol. The maximum atomic E-state index is 2.46. The smallest absolute Gasteiger partial charge is 0.0540 e. The molecule has 1 aliphatic carbocycles. The molecule has 0 N–H and O–H groups in total. The molecule has 0 aromatic heterocycles. The van der Waals surface area contributed by atoms with Crippen LogP contribution in [0.1, 0.15) is 25.0 Å². The van der Waals surface area contributed by atoms with Gasteiger partial charge in [-0.25, -0.2) is 0 Å². The Hall–Kier alpha value is -5.92. The lowest BCUT2D eigenvalue weighted by molar-refractivity contribution is 0.660. The standard InChI is InChI=1S/C47H33N/c1-47(2)42-28-34(37-24-20-33-19-18-31-12-8-13-32-21-26-41(37)46(33)45(31)32)22-25-39(42)40-27-23-36(29-43(40)47)48(35-14-4-3-5-15-35)44-17-9-11-30-10-6-7-16-38(30)44/h3-29H,1-2H3. The summed E-state index contributed by atoms with van der Waals surface area (Å²) >= 11 is 0. The van der Waals surface area contributed by atoms with Crippen LogP contribution in [0.5, 0.6) is 0 Å². The molecular weight excluding hydrogens is 579 g/mol. The summed E-state index contributed by atoms with van der Waals surface area (Å²) in [4.78, 5) is 2.41. The van der Waals surface area contributed by atoms with Crippen molar-refractivity contribution in [1.29, 1.82) is 0 Å². The first-order valence-corrected chi connectivity index (χ1v) is 16.9. The summed E-state index contributed by atoms with van der Waals surface area (Å²) in [5.74, 6) is 0. The fourth-order valence-corrected chi connectivity index (χ4v) is 8.43. The highest BCUT2D eigenvalue weighted by Gasteiger charge is 2.36. The lowest BCUT2D eigenvalue weighted by Gasteiger charge is -2.29. The van der Waals surface area contributed by atoms with Gasteiger partial charge in [0.05, 0.1) is 5.69 Å². The number of benzene rings is 9. The van der Waals surface area contributed by atoms with Crippen molar-refractivity contribution in [3.8, 4) is 22.3 Å². The Morgan fingerprint density at radius 3 is 1.83 bits per heavy atom. The van der Waals surface area contributed by atoms with Crippen LogP contribution >= 0.6 is 0 Å². The third kappa shape index (κ3) is 3.85. The van der Waals surface area contributed by atoms with Gasteiger partial charge in [-0.1, -0.05) is 141 Å². The van der Waals surface area contributed by atoms with E-state index < -0.39 is 0 Å². The molecule has 226 valence electrons. The molecule has 0 saturated carbocycles. The number of fused-ring (bicyclic) bond motifs is 4. The second kappa shape index (κ2) is 10.0. The molecule has 0 unspecified atom stereocenters. The van der Waals surface area contributed by atoms with Crippen LogP contribution in [0.4, 0.5) is 17.1 Å². The minimum absolute atomic E-state index is 0.165. The number of rotatable bonds is 4. The van der Waals surface area contributed by atoms with E-state index in [-0.39, 0.29) is 5.41 Å². The van der Waals surface area contributed by atoms with Crippen molar-refractivity contribution in [2.75, 3.05) is 4.90 Å². The highest BCUT2D eigenvalue weighted by atomic mass is 15.1. The number of para-hydroxylation sites is 1. The van der Waals surface area contributed by atoms with E-state index in [1.807, 2.05) is 0 Å². The second-order valence-electron chi connectivity index (χ2n) is 13.8. The minimum Gasteiger partial charge on any atom is -0.310 e. The van der Waals surface area contributed by atoms with Gasteiger partial charge in [-0.2, -0.15) is 0 Å². The van der Waals surface area contributed by atoms with Crippen molar-refractivity contribution in [3.05, 3.63) is 175 Å². The second-order valence-corrected chi connectivity index (χ2v) is 13.8. The van der Waals surface area contributed by atoms with Gasteiger partial charge in [0.15, 0.2) is 0 Å². The van der Waals surface area contributed by atoms with Crippen molar-refractivity contribution < 1.29 is 0 Å². The normalized spacial score (nSPS) is 13.4. The molecule has 0 radical (unpaired) electrons. The van der Waals surface area contributed by atoms with Crippen LogP contribution in [0, 0.1) is 0 Å². The summed E-state index contributed by atoms with van der Waals surface area (Å²) in [6.07, 6.45) is 0. The molecule has 0 atom stereocenters. The van der Waals surface area contributed by atoms with E-state index in [4.69, 9.17) is 0 Å². The molecule has 0 fully saturated rings. The number of hydrogen-bond donors (Lipinski definition) is 0. The molecule has 1 heteroatoms. The molecular formula is C47H33N. The van der Waals surface area contributed by atoms with E-state index >= 15 is 0 Å². The summed E-state index contributed by atoms with van der Waals surface area (Å²) in [5.41, 5.74) is 11.3. The lowest BCUT2D eigenvalue weighted by atomic mass is 9.81. The van der Waals surface area contributed by atoms with Gasteiger partial charge < -0.3 is 4.90 Å². The summed E-state index contributed by atoms with van der Waals surface area (Å²) in [7, 11) is 0. The third-order valence-electron chi connectivity index (χ3n) is 10.8. The van der Waals surface area contributed by atoms with Gasteiger partial charge in [-0.15, -0.1) is 0 Å². The van der Waals surface area contributed by atoms with E-state index in [1.165, 1.54) is 87.8 Å². The zero-order chi connectivity index (χ0) is 32.0. The van der Waals surface area contributed by atoms with E-state index in [0.29, 0.717) is 0 Å². The van der Waals surface area contributed by atoms with Crippen LogP contribution in [-0.2, 0) is 5.41 Å². The van der Waals surface area contributed by atoms with Crippen molar-refractivity contribution in [2.45, 2.75) is 19.3 Å². The van der Waals surface area contributed by atoms with Crippen LogP contribution in [0.15, 0.2) is 164 Å². The number of hydrogen-bond acceptors (Lipinski definition) is 1. The zero-order valence-corrected chi connectivity index (χ0v) is 27.0. The Morgan fingerprint density at radius 2 is 1.00 bits per heavy atom. The Labute approximate surface area is 280 Å². The molecule has 9 aromatic carbocycles. The van der Waals surface area contributed by atoms with Crippen LogP contribution in [0.3, 0.4) is 0 Å². The maximum absolute atomic E-state index is 2.46. The van der Waals surface area contributed by atoms with Gasteiger partial charge in [0.1, 0.15) is 0 Å². The quantitative estimate of drug-likeness (QED) is 0.179. The van der Waals surface area contributed by atoms with Crippen molar-refractivity contribution in [3.63, 3.8) is 0 Å².